The van der Waals surface area contributed by atoms with E-state index in [9.17, 15) is 4.79 Å². The Kier molecular flexibility index (Phi) is 5.14. The van der Waals surface area contributed by atoms with Crippen molar-refractivity contribution >= 4 is 17.6 Å². The standard InChI is InChI=1S/C10H13ClN2O3/c11-10-7(3-4-9(15)16)6-12-8(13-10)2-1-5-14/h6,14H,1-5H2,(H,15,16). The lowest BCUT2D eigenvalue weighted by Gasteiger charge is -2.03. The molecule has 0 radical (unpaired) electrons. The Morgan fingerprint density at radius 3 is 2.75 bits per heavy atom. The van der Waals surface area contributed by atoms with Crippen molar-refractivity contribution in [3.63, 3.8) is 0 Å². The second kappa shape index (κ2) is 6.40. The van der Waals surface area contributed by atoms with E-state index in [0.717, 1.165) is 0 Å². The van der Waals surface area contributed by atoms with Crippen LogP contribution in [0.1, 0.15) is 24.2 Å². The van der Waals surface area contributed by atoms with Crippen molar-refractivity contribution in [2.45, 2.75) is 25.7 Å². The zero-order valence-electron chi connectivity index (χ0n) is 8.69. The summed E-state index contributed by atoms with van der Waals surface area (Å²) in [5, 5.41) is 17.5. The number of hydrogen-bond acceptors (Lipinski definition) is 4. The van der Waals surface area contributed by atoms with Crippen molar-refractivity contribution < 1.29 is 15.0 Å². The molecule has 0 aliphatic carbocycles. The first-order valence-electron chi connectivity index (χ1n) is 4.96. The van der Waals surface area contributed by atoms with E-state index in [1.807, 2.05) is 0 Å². The molecule has 0 unspecified atom stereocenters. The van der Waals surface area contributed by atoms with Gasteiger partial charge in [-0.3, -0.25) is 4.79 Å². The fourth-order valence-corrected chi connectivity index (χ4v) is 1.43. The SMILES string of the molecule is O=C(O)CCc1cnc(CCCO)nc1Cl. The number of aromatic nitrogens is 2. The molecule has 0 saturated carbocycles. The van der Waals surface area contributed by atoms with Crippen molar-refractivity contribution in [2.75, 3.05) is 6.61 Å². The largest absolute Gasteiger partial charge is 0.481 e. The van der Waals surface area contributed by atoms with Crippen LogP contribution in [0.3, 0.4) is 0 Å². The van der Waals surface area contributed by atoms with E-state index < -0.39 is 5.97 Å². The molecule has 0 saturated heterocycles. The summed E-state index contributed by atoms with van der Waals surface area (Å²) >= 11 is 5.89. The highest BCUT2D eigenvalue weighted by Gasteiger charge is 2.07. The molecule has 1 heterocycles. The molecule has 6 heteroatoms. The number of nitrogens with zero attached hydrogens (tertiary/aromatic N) is 2. The molecule has 16 heavy (non-hydrogen) atoms. The first-order chi connectivity index (χ1) is 7.63. The van der Waals surface area contributed by atoms with Crippen molar-refractivity contribution in [1.82, 2.24) is 9.97 Å². The fraction of sp³-hybridized carbons (Fsp3) is 0.500. The molecule has 0 atom stereocenters. The minimum absolute atomic E-state index is 0.0130. The Morgan fingerprint density at radius 2 is 2.19 bits per heavy atom. The quantitative estimate of drug-likeness (QED) is 0.732. The Hall–Kier alpha value is -1.20. The highest BCUT2D eigenvalue weighted by atomic mass is 35.5. The van der Waals surface area contributed by atoms with E-state index in [-0.39, 0.29) is 13.0 Å². The molecule has 1 aromatic heterocycles. The third-order valence-corrected chi connectivity index (χ3v) is 2.36. The van der Waals surface area contributed by atoms with Crippen LogP contribution in [0.2, 0.25) is 5.15 Å². The maximum atomic E-state index is 10.4. The number of carbonyl (C=O) groups is 1. The molecular formula is C10H13ClN2O3. The number of aliphatic hydroxyl groups is 1. The van der Waals surface area contributed by atoms with Crippen LogP contribution in [0.5, 0.6) is 0 Å². The highest BCUT2D eigenvalue weighted by Crippen LogP contribution is 2.14. The van der Waals surface area contributed by atoms with Crippen LogP contribution >= 0.6 is 11.6 Å². The van der Waals surface area contributed by atoms with Gasteiger partial charge in [-0.1, -0.05) is 11.6 Å². The van der Waals surface area contributed by atoms with E-state index in [0.29, 0.717) is 35.8 Å². The summed E-state index contributed by atoms with van der Waals surface area (Å²) < 4.78 is 0. The Morgan fingerprint density at radius 1 is 1.44 bits per heavy atom. The summed E-state index contributed by atoms with van der Waals surface area (Å²) in [5.41, 5.74) is 0.636. The monoisotopic (exact) mass is 244 g/mol. The molecule has 0 aliphatic heterocycles. The van der Waals surface area contributed by atoms with Crippen LogP contribution in [0.15, 0.2) is 6.20 Å². The van der Waals surface area contributed by atoms with Gasteiger partial charge in [0.15, 0.2) is 0 Å². The molecule has 0 aliphatic rings. The highest BCUT2D eigenvalue weighted by molar-refractivity contribution is 6.30. The van der Waals surface area contributed by atoms with E-state index in [1.165, 1.54) is 0 Å². The van der Waals surface area contributed by atoms with Gasteiger partial charge in [0.05, 0.1) is 0 Å². The van der Waals surface area contributed by atoms with Gasteiger partial charge in [0.1, 0.15) is 11.0 Å². The maximum absolute atomic E-state index is 10.4. The van der Waals surface area contributed by atoms with Crippen LogP contribution < -0.4 is 0 Å². The van der Waals surface area contributed by atoms with Crippen LogP contribution in [0.25, 0.3) is 0 Å². The first-order valence-corrected chi connectivity index (χ1v) is 5.34. The predicted octanol–water partition coefficient (Wildman–Crippen LogP) is 1.07. The lowest BCUT2D eigenvalue weighted by molar-refractivity contribution is -0.136. The van der Waals surface area contributed by atoms with E-state index in [1.54, 1.807) is 6.20 Å². The Balaban J connectivity index is 2.63. The molecule has 2 N–H and O–H groups in total. The van der Waals surface area contributed by atoms with Crippen molar-refractivity contribution in [1.29, 1.82) is 0 Å². The molecular weight excluding hydrogens is 232 g/mol. The minimum atomic E-state index is -0.875. The molecule has 0 amide bonds. The van der Waals surface area contributed by atoms with Crippen LogP contribution in [-0.4, -0.2) is 32.8 Å². The van der Waals surface area contributed by atoms with Gasteiger partial charge in [-0.2, -0.15) is 0 Å². The summed E-state index contributed by atoms with van der Waals surface area (Å²) in [5.74, 6) is -0.307. The zero-order valence-corrected chi connectivity index (χ0v) is 9.44. The van der Waals surface area contributed by atoms with Gasteiger partial charge >= 0.3 is 5.97 Å². The summed E-state index contributed by atoms with van der Waals surface area (Å²) in [6, 6.07) is 0. The van der Waals surface area contributed by atoms with Gasteiger partial charge in [-0.25, -0.2) is 9.97 Å². The molecule has 88 valence electrons. The van der Waals surface area contributed by atoms with Crippen LogP contribution in [-0.2, 0) is 17.6 Å². The van der Waals surface area contributed by atoms with Gasteiger partial charge in [0.2, 0.25) is 0 Å². The molecule has 0 aromatic carbocycles. The number of carboxylic acids is 1. The summed E-state index contributed by atoms with van der Waals surface area (Å²) in [7, 11) is 0. The third-order valence-electron chi connectivity index (χ3n) is 2.03. The minimum Gasteiger partial charge on any atom is -0.481 e. The second-order valence-corrected chi connectivity index (χ2v) is 3.68. The predicted molar refractivity (Wildman–Crippen MR) is 58.4 cm³/mol. The second-order valence-electron chi connectivity index (χ2n) is 3.32. The van der Waals surface area contributed by atoms with Crippen LogP contribution in [0, 0.1) is 0 Å². The summed E-state index contributed by atoms with van der Waals surface area (Å²) in [6.07, 6.45) is 3.04. The molecule has 1 aromatic rings. The van der Waals surface area contributed by atoms with Crippen molar-refractivity contribution in [2.24, 2.45) is 0 Å². The van der Waals surface area contributed by atoms with Gasteiger partial charge in [-0.05, 0) is 12.8 Å². The number of aliphatic carboxylic acids is 1. The zero-order chi connectivity index (χ0) is 12.0. The van der Waals surface area contributed by atoms with Gasteiger partial charge in [0.25, 0.3) is 0 Å². The third kappa shape index (κ3) is 4.12. The van der Waals surface area contributed by atoms with Crippen molar-refractivity contribution in [3.05, 3.63) is 22.7 Å². The molecule has 5 nitrogen and oxygen atoms in total. The van der Waals surface area contributed by atoms with Gasteiger partial charge in [-0.15, -0.1) is 0 Å². The van der Waals surface area contributed by atoms with Gasteiger partial charge in [0, 0.05) is 31.2 Å². The smallest absolute Gasteiger partial charge is 0.303 e. The Labute approximate surface area is 98.1 Å². The summed E-state index contributed by atoms with van der Waals surface area (Å²) in [4.78, 5) is 18.5. The number of aryl methyl sites for hydroxylation is 2. The molecule has 0 spiro atoms. The average Bonchev–Trinajstić information content (AvgIpc) is 2.24. The number of hydrogen-bond donors (Lipinski definition) is 2. The lowest BCUT2D eigenvalue weighted by Crippen LogP contribution is -2.03. The first kappa shape index (κ1) is 12.9. The van der Waals surface area contributed by atoms with Gasteiger partial charge < -0.3 is 10.2 Å². The molecule has 1 rings (SSSR count). The number of aliphatic hydroxyl groups excluding tert-OH is 1. The van der Waals surface area contributed by atoms with E-state index in [2.05, 4.69) is 9.97 Å². The number of rotatable bonds is 6. The topological polar surface area (TPSA) is 83.3 Å². The number of carboxylic acid groups (broad SMARTS) is 1. The van der Waals surface area contributed by atoms with Crippen LogP contribution in [0.4, 0.5) is 0 Å². The fourth-order valence-electron chi connectivity index (χ4n) is 1.19. The summed E-state index contributed by atoms with van der Waals surface area (Å²) in [6.45, 7) is 0.0851. The lowest BCUT2D eigenvalue weighted by atomic mass is 10.2. The Bertz CT molecular complexity index is 371. The molecule has 0 bridgehead atoms. The normalized spacial score (nSPS) is 10.4. The number of halogens is 1. The molecule has 0 fully saturated rings. The van der Waals surface area contributed by atoms with E-state index in [4.69, 9.17) is 21.8 Å². The van der Waals surface area contributed by atoms with E-state index >= 15 is 0 Å². The maximum Gasteiger partial charge on any atom is 0.303 e. The van der Waals surface area contributed by atoms with Crippen molar-refractivity contribution in [3.8, 4) is 0 Å². The average molecular weight is 245 g/mol.